The molecule has 0 nitrogen and oxygen atoms in total. The summed E-state index contributed by atoms with van der Waals surface area (Å²) in [4.78, 5) is 0. The van der Waals surface area contributed by atoms with Gasteiger partial charge in [-0.1, -0.05) is 74.7 Å². The normalized spacial score (nSPS) is 19.9. The summed E-state index contributed by atoms with van der Waals surface area (Å²) in [6, 6.07) is 33.9. The zero-order valence-corrected chi connectivity index (χ0v) is 18.0. The van der Waals surface area contributed by atoms with Gasteiger partial charge in [-0.3, -0.25) is 0 Å². The molecule has 1 aliphatic rings. The van der Waals surface area contributed by atoms with Gasteiger partial charge in [0.15, 0.2) is 0 Å². The molecule has 2 heteroatoms. The average molecular weight is 391 g/mol. The minimum Gasteiger partial charge on any atom is -0.0720 e. The fraction of sp³-hybridized carbons (Fsp3) is 0.280. The van der Waals surface area contributed by atoms with Gasteiger partial charge in [-0.15, -0.1) is 0 Å². The van der Waals surface area contributed by atoms with Gasteiger partial charge in [0.05, 0.1) is 30.7 Å². The first-order valence-corrected chi connectivity index (χ1v) is 14.1. The van der Waals surface area contributed by atoms with E-state index in [1.54, 1.807) is 15.9 Å². The Labute approximate surface area is 166 Å². The quantitative estimate of drug-likeness (QED) is 0.477. The maximum atomic E-state index is 2.55. The molecule has 0 aromatic heterocycles. The van der Waals surface area contributed by atoms with Crippen LogP contribution in [-0.4, -0.2) is 24.6 Å². The third-order valence-corrected chi connectivity index (χ3v) is 13.2. The summed E-state index contributed by atoms with van der Waals surface area (Å²) >= 11 is 0. The Hall–Kier alpha value is -1.48. The zero-order chi connectivity index (χ0) is 18.5. The van der Waals surface area contributed by atoms with E-state index in [1.807, 2.05) is 0 Å². The summed E-state index contributed by atoms with van der Waals surface area (Å²) in [5, 5.41) is 4.73. The van der Waals surface area contributed by atoms with Gasteiger partial charge < -0.3 is 0 Å². The zero-order valence-electron chi connectivity index (χ0n) is 16.2. The smallest absolute Gasteiger partial charge is 0.0720 e. The van der Waals surface area contributed by atoms with Gasteiger partial charge in [-0.25, -0.2) is 0 Å². The Kier molecular flexibility index (Phi) is 6.07. The SMILES string of the molecule is C[P+](CC[C@H]1CCCP1c1ccccc1)(c1ccccc1)c1ccccc1. The average Bonchev–Trinajstić information content (AvgIpc) is 3.23. The summed E-state index contributed by atoms with van der Waals surface area (Å²) in [7, 11) is -1.31. The van der Waals surface area contributed by atoms with Crippen LogP contribution in [-0.2, 0) is 0 Å². The summed E-state index contributed by atoms with van der Waals surface area (Å²) in [6.07, 6.45) is 6.96. The summed E-state index contributed by atoms with van der Waals surface area (Å²) in [5.74, 6) is 0. The second-order valence-electron chi connectivity index (χ2n) is 7.70. The molecule has 27 heavy (non-hydrogen) atoms. The van der Waals surface area contributed by atoms with Crippen LogP contribution >= 0.6 is 15.2 Å². The predicted molar refractivity (Wildman–Crippen MR) is 125 cm³/mol. The predicted octanol–water partition coefficient (Wildman–Crippen LogP) is 5.64. The van der Waals surface area contributed by atoms with Crippen molar-refractivity contribution in [3.8, 4) is 0 Å². The summed E-state index contributed by atoms with van der Waals surface area (Å²) < 4.78 is 0. The molecule has 138 valence electrons. The van der Waals surface area contributed by atoms with Crippen molar-refractivity contribution in [2.24, 2.45) is 0 Å². The molecule has 1 fully saturated rings. The second-order valence-corrected chi connectivity index (χ2v) is 14.2. The van der Waals surface area contributed by atoms with Crippen molar-refractivity contribution in [2.45, 2.75) is 24.9 Å². The number of rotatable bonds is 6. The first-order chi connectivity index (χ1) is 13.3. The van der Waals surface area contributed by atoms with Crippen LogP contribution in [0, 0.1) is 0 Å². The van der Waals surface area contributed by atoms with Crippen LogP contribution in [0.4, 0.5) is 0 Å². The molecular weight excluding hydrogens is 362 g/mol. The van der Waals surface area contributed by atoms with Crippen LogP contribution < -0.4 is 15.9 Å². The van der Waals surface area contributed by atoms with E-state index in [4.69, 9.17) is 0 Å². The van der Waals surface area contributed by atoms with Crippen molar-refractivity contribution in [1.82, 2.24) is 0 Å². The first-order valence-electron chi connectivity index (χ1n) is 10.1. The molecule has 3 aromatic carbocycles. The van der Waals surface area contributed by atoms with Gasteiger partial charge in [0.1, 0.15) is 0 Å². The van der Waals surface area contributed by atoms with Gasteiger partial charge in [-0.05, 0) is 60.7 Å². The second kappa shape index (κ2) is 8.68. The van der Waals surface area contributed by atoms with Gasteiger partial charge in [0, 0.05) is 0 Å². The molecule has 2 atom stereocenters. The lowest BCUT2D eigenvalue weighted by atomic mass is 10.2. The lowest BCUT2D eigenvalue weighted by molar-refractivity contribution is 0.759. The van der Waals surface area contributed by atoms with Crippen LogP contribution in [0.2, 0.25) is 0 Å². The van der Waals surface area contributed by atoms with Crippen molar-refractivity contribution in [3.63, 3.8) is 0 Å². The number of hydrogen-bond acceptors (Lipinski definition) is 0. The molecule has 0 amide bonds. The van der Waals surface area contributed by atoms with Crippen molar-refractivity contribution in [1.29, 1.82) is 0 Å². The minimum absolute atomic E-state index is 0.0233. The highest BCUT2D eigenvalue weighted by atomic mass is 31.2. The van der Waals surface area contributed by atoms with Crippen LogP contribution in [0.15, 0.2) is 91.0 Å². The molecule has 1 saturated heterocycles. The Morgan fingerprint density at radius 3 is 1.85 bits per heavy atom. The molecule has 3 aromatic rings. The molecule has 0 saturated carbocycles. The molecule has 1 unspecified atom stereocenters. The Morgan fingerprint density at radius 2 is 1.30 bits per heavy atom. The molecule has 0 aliphatic carbocycles. The maximum Gasteiger partial charge on any atom is 0.0988 e. The van der Waals surface area contributed by atoms with Crippen LogP contribution in [0.25, 0.3) is 0 Å². The van der Waals surface area contributed by atoms with E-state index in [2.05, 4.69) is 97.7 Å². The molecule has 1 aliphatic heterocycles. The molecular formula is C25H29P2+. The third-order valence-electron chi connectivity index (χ3n) is 6.03. The van der Waals surface area contributed by atoms with Crippen molar-refractivity contribution in [3.05, 3.63) is 91.0 Å². The lowest BCUT2D eigenvalue weighted by Gasteiger charge is -2.27. The Bertz CT molecular complexity index is 790. The van der Waals surface area contributed by atoms with E-state index in [0.717, 1.165) is 5.66 Å². The third kappa shape index (κ3) is 4.18. The molecule has 0 bridgehead atoms. The standard InChI is InChI=1S/C25H29P2/c1-27(24-15-7-3-8-16-24,25-17-9-4-10-18-25)21-19-23-14-11-20-26(23)22-12-5-2-6-13-22/h2-10,12-13,15-18,23H,11,14,19-21H2,1H3/q+1/t23-,26?/m1/s1. The first kappa shape index (κ1) is 18.9. The molecule has 1 heterocycles. The van der Waals surface area contributed by atoms with Crippen molar-refractivity contribution < 1.29 is 0 Å². The van der Waals surface area contributed by atoms with E-state index >= 15 is 0 Å². The van der Waals surface area contributed by atoms with E-state index in [1.165, 1.54) is 31.6 Å². The highest BCUT2D eigenvalue weighted by Gasteiger charge is 2.39. The topological polar surface area (TPSA) is 0 Å². The van der Waals surface area contributed by atoms with Gasteiger partial charge >= 0.3 is 0 Å². The molecule has 4 rings (SSSR count). The Balaban J connectivity index is 1.58. The van der Waals surface area contributed by atoms with Crippen LogP contribution in [0.5, 0.6) is 0 Å². The van der Waals surface area contributed by atoms with Crippen LogP contribution in [0.1, 0.15) is 19.3 Å². The van der Waals surface area contributed by atoms with E-state index < -0.39 is 7.26 Å². The largest absolute Gasteiger partial charge is 0.0988 e. The maximum absolute atomic E-state index is 2.55. The fourth-order valence-corrected chi connectivity index (χ4v) is 11.0. The minimum atomic E-state index is -1.33. The number of benzene rings is 3. The van der Waals surface area contributed by atoms with Crippen molar-refractivity contribution in [2.75, 3.05) is 19.0 Å². The van der Waals surface area contributed by atoms with Gasteiger partial charge in [0.25, 0.3) is 0 Å². The molecule has 0 spiro atoms. The highest BCUT2D eigenvalue weighted by molar-refractivity contribution is 7.88. The highest BCUT2D eigenvalue weighted by Crippen LogP contribution is 2.57. The van der Waals surface area contributed by atoms with E-state index in [-0.39, 0.29) is 7.92 Å². The summed E-state index contributed by atoms with van der Waals surface area (Å²) in [6.45, 7) is 2.55. The summed E-state index contributed by atoms with van der Waals surface area (Å²) in [5.41, 5.74) is 0.897. The van der Waals surface area contributed by atoms with Crippen molar-refractivity contribution >= 4 is 31.1 Å². The van der Waals surface area contributed by atoms with Gasteiger partial charge in [0.2, 0.25) is 0 Å². The lowest BCUT2D eigenvalue weighted by Crippen LogP contribution is -2.25. The Morgan fingerprint density at radius 1 is 0.778 bits per heavy atom. The van der Waals surface area contributed by atoms with Gasteiger partial charge in [-0.2, -0.15) is 0 Å². The molecule has 0 N–H and O–H groups in total. The number of hydrogen-bond donors (Lipinski definition) is 0. The van der Waals surface area contributed by atoms with Crippen LogP contribution in [0.3, 0.4) is 0 Å². The monoisotopic (exact) mass is 391 g/mol. The fourth-order valence-electron chi connectivity index (χ4n) is 4.42. The molecule has 0 radical (unpaired) electrons. The van der Waals surface area contributed by atoms with E-state index in [0.29, 0.717) is 0 Å². The van der Waals surface area contributed by atoms with E-state index in [9.17, 15) is 0 Å².